The third-order valence-electron chi connectivity index (χ3n) is 1.84. The highest BCUT2D eigenvalue weighted by Crippen LogP contribution is 2.29. The second kappa shape index (κ2) is 4.46. The van der Waals surface area contributed by atoms with Crippen LogP contribution in [0, 0.1) is 0 Å². The molecule has 5 heteroatoms. The molecule has 0 saturated carbocycles. The number of carbonyl (C=O) groups excluding carboxylic acids is 1. The SMILES string of the molecule is CCON1C=C(Br)C(=C=O)C(C)=C1N. The number of nitrogens with zero attached hydrogens (tertiary/aromatic N) is 1. The van der Waals surface area contributed by atoms with E-state index < -0.39 is 0 Å². The largest absolute Gasteiger partial charge is 0.383 e. The Kier molecular flexibility index (Phi) is 3.52. The highest BCUT2D eigenvalue weighted by molar-refractivity contribution is 9.12. The van der Waals surface area contributed by atoms with E-state index >= 15 is 0 Å². The third-order valence-corrected chi connectivity index (χ3v) is 2.44. The minimum atomic E-state index is 0.411. The van der Waals surface area contributed by atoms with Crippen LogP contribution in [0.3, 0.4) is 0 Å². The van der Waals surface area contributed by atoms with Gasteiger partial charge in [-0.05, 0) is 29.8 Å². The van der Waals surface area contributed by atoms with E-state index in [-0.39, 0.29) is 0 Å². The number of hydroxylamine groups is 2. The monoisotopic (exact) mass is 258 g/mol. The molecule has 1 heterocycles. The zero-order chi connectivity index (χ0) is 10.7. The predicted octanol–water partition coefficient (Wildman–Crippen LogP) is 1.44. The molecule has 0 spiro atoms. The average Bonchev–Trinajstić information content (AvgIpc) is 2.15. The molecular formula is C9H11BrN2O2. The fourth-order valence-corrected chi connectivity index (χ4v) is 1.64. The first-order valence-corrected chi connectivity index (χ1v) is 4.92. The summed E-state index contributed by atoms with van der Waals surface area (Å²) in [6, 6.07) is 0. The first kappa shape index (κ1) is 11.0. The van der Waals surface area contributed by atoms with Crippen molar-refractivity contribution >= 4 is 21.9 Å². The quantitative estimate of drug-likeness (QED) is 0.762. The zero-order valence-electron chi connectivity index (χ0n) is 8.00. The molecule has 0 fully saturated rings. The van der Waals surface area contributed by atoms with Gasteiger partial charge < -0.3 is 5.73 Å². The zero-order valence-corrected chi connectivity index (χ0v) is 9.59. The Labute approximate surface area is 90.8 Å². The lowest BCUT2D eigenvalue weighted by Gasteiger charge is -2.25. The van der Waals surface area contributed by atoms with Crippen molar-refractivity contribution in [2.75, 3.05) is 6.61 Å². The molecule has 0 aliphatic carbocycles. The van der Waals surface area contributed by atoms with Gasteiger partial charge in [-0.25, -0.2) is 9.86 Å². The van der Waals surface area contributed by atoms with Gasteiger partial charge in [0.05, 0.1) is 22.9 Å². The molecule has 1 aliphatic rings. The average molecular weight is 259 g/mol. The number of rotatable bonds is 2. The number of allylic oxidation sites excluding steroid dienone is 3. The Hall–Kier alpha value is -1.03. The number of hydrogen-bond donors (Lipinski definition) is 1. The minimum Gasteiger partial charge on any atom is -0.383 e. The van der Waals surface area contributed by atoms with Crippen molar-refractivity contribution in [1.82, 2.24) is 5.06 Å². The van der Waals surface area contributed by atoms with Crippen LogP contribution in [0.15, 0.2) is 27.6 Å². The van der Waals surface area contributed by atoms with Crippen LogP contribution in [0.4, 0.5) is 0 Å². The van der Waals surface area contributed by atoms with Crippen molar-refractivity contribution < 1.29 is 9.63 Å². The van der Waals surface area contributed by atoms with E-state index in [0.717, 1.165) is 0 Å². The molecule has 0 aromatic heterocycles. The Morgan fingerprint density at radius 2 is 2.36 bits per heavy atom. The summed E-state index contributed by atoms with van der Waals surface area (Å²) < 4.78 is 0.618. The van der Waals surface area contributed by atoms with Crippen molar-refractivity contribution in [3.8, 4) is 0 Å². The standard InChI is InChI=1S/C9H11BrN2O2/c1-3-14-12-4-8(10)7(5-13)6(2)9(12)11/h4H,3,11H2,1-2H3. The summed E-state index contributed by atoms with van der Waals surface area (Å²) >= 11 is 3.24. The summed E-state index contributed by atoms with van der Waals surface area (Å²) in [4.78, 5) is 15.8. The van der Waals surface area contributed by atoms with Crippen LogP contribution in [0.1, 0.15) is 13.8 Å². The van der Waals surface area contributed by atoms with Crippen LogP contribution in [-0.4, -0.2) is 17.6 Å². The molecule has 0 unspecified atom stereocenters. The molecule has 1 aliphatic heterocycles. The van der Waals surface area contributed by atoms with Gasteiger partial charge >= 0.3 is 0 Å². The molecule has 0 bridgehead atoms. The molecule has 0 saturated heterocycles. The van der Waals surface area contributed by atoms with Gasteiger partial charge in [0.15, 0.2) is 0 Å². The smallest absolute Gasteiger partial charge is 0.134 e. The highest BCUT2D eigenvalue weighted by Gasteiger charge is 2.20. The summed E-state index contributed by atoms with van der Waals surface area (Å²) in [7, 11) is 0. The van der Waals surface area contributed by atoms with Crippen molar-refractivity contribution in [1.29, 1.82) is 0 Å². The second-order valence-corrected chi connectivity index (χ2v) is 3.56. The van der Waals surface area contributed by atoms with E-state index in [9.17, 15) is 4.79 Å². The Bertz CT molecular complexity index is 354. The summed E-state index contributed by atoms with van der Waals surface area (Å²) in [6.07, 6.45) is 1.60. The summed E-state index contributed by atoms with van der Waals surface area (Å²) in [6.45, 7) is 4.11. The fraction of sp³-hybridized carbons (Fsp3) is 0.333. The second-order valence-electron chi connectivity index (χ2n) is 2.71. The molecular weight excluding hydrogens is 248 g/mol. The molecule has 0 aromatic carbocycles. The summed E-state index contributed by atoms with van der Waals surface area (Å²) in [5.74, 6) is 2.24. The first-order chi connectivity index (χ1) is 6.61. The van der Waals surface area contributed by atoms with Gasteiger partial charge in [0, 0.05) is 5.57 Å². The Morgan fingerprint density at radius 1 is 1.71 bits per heavy atom. The fourth-order valence-electron chi connectivity index (χ4n) is 1.08. The molecule has 0 radical (unpaired) electrons. The molecule has 1 rings (SSSR count). The van der Waals surface area contributed by atoms with Crippen LogP contribution in [-0.2, 0) is 9.63 Å². The van der Waals surface area contributed by atoms with Crippen LogP contribution in [0.5, 0.6) is 0 Å². The first-order valence-electron chi connectivity index (χ1n) is 4.13. The van der Waals surface area contributed by atoms with Crippen LogP contribution in [0.2, 0.25) is 0 Å². The maximum Gasteiger partial charge on any atom is 0.134 e. The van der Waals surface area contributed by atoms with E-state index in [1.54, 1.807) is 13.1 Å². The van der Waals surface area contributed by atoms with Crippen LogP contribution < -0.4 is 5.73 Å². The van der Waals surface area contributed by atoms with E-state index in [2.05, 4.69) is 15.9 Å². The predicted molar refractivity (Wildman–Crippen MR) is 56.6 cm³/mol. The molecule has 14 heavy (non-hydrogen) atoms. The Morgan fingerprint density at radius 3 is 2.86 bits per heavy atom. The minimum absolute atomic E-state index is 0.411. The normalized spacial score (nSPS) is 16.9. The van der Waals surface area contributed by atoms with E-state index in [4.69, 9.17) is 10.6 Å². The van der Waals surface area contributed by atoms with E-state index in [1.165, 1.54) is 5.06 Å². The van der Waals surface area contributed by atoms with Crippen molar-refractivity contribution in [2.24, 2.45) is 5.73 Å². The maximum atomic E-state index is 10.6. The molecule has 0 aromatic rings. The van der Waals surface area contributed by atoms with Gasteiger partial charge in [-0.15, -0.1) is 0 Å². The van der Waals surface area contributed by atoms with E-state index in [0.29, 0.717) is 28.1 Å². The number of nitrogens with two attached hydrogens (primary N) is 1. The van der Waals surface area contributed by atoms with Gasteiger partial charge in [0.1, 0.15) is 11.8 Å². The van der Waals surface area contributed by atoms with Crippen molar-refractivity contribution in [2.45, 2.75) is 13.8 Å². The lowest BCUT2D eigenvalue weighted by atomic mass is 10.1. The molecule has 0 amide bonds. The molecule has 4 nitrogen and oxygen atoms in total. The van der Waals surface area contributed by atoms with Gasteiger partial charge in [0.2, 0.25) is 0 Å². The molecule has 0 atom stereocenters. The lowest BCUT2D eigenvalue weighted by Crippen LogP contribution is -2.27. The highest BCUT2D eigenvalue weighted by atomic mass is 79.9. The van der Waals surface area contributed by atoms with Gasteiger partial charge in [-0.3, -0.25) is 4.84 Å². The maximum absolute atomic E-state index is 10.6. The summed E-state index contributed by atoms with van der Waals surface area (Å²) in [5, 5.41) is 1.43. The van der Waals surface area contributed by atoms with Gasteiger partial charge in [-0.1, -0.05) is 0 Å². The summed E-state index contributed by atoms with van der Waals surface area (Å²) in [5.41, 5.74) is 6.84. The number of halogens is 1. The molecule has 76 valence electrons. The van der Waals surface area contributed by atoms with E-state index in [1.807, 2.05) is 12.9 Å². The lowest BCUT2D eigenvalue weighted by molar-refractivity contribution is -0.0889. The van der Waals surface area contributed by atoms with Crippen LogP contribution in [0.25, 0.3) is 0 Å². The van der Waals surface area contributed by atoms with Crippen molar-refractivity contribution in [3.63, 3.8) is 0 Å². The number of hydrogen-bond acceptors (Lipinski definition) is 4. The Balaban J connectivity index is 3.09. The van der Waals surface area contributed by atoms with Gasteiger partial charge in [0.25, 0.3) is 0 Å². The molecule has 2 N–H and O–H groups in total. The van der Waals surface area contributed by atoms with Crippen LogP contribution >= 0.6 is 15.9 Å². The van der Waals surface area contributed by atoms with Gasteiger partial charge in [-0.2, -0.15) is 0 Å². The topological polar surface area (TPSA) is 55.6 Å². The third kappa shape index (κ3) is 1.90. The van der Waals surface area contributed by atoms with Crippen molar-refractivity contribution in [3.05, 3.63) is 27.6 Å².